The first-order chi connectivity index (χ1) is 12.6. The van der Waals surface area contributed by atoms with E-state index in [1.165, 1.54) is 31.2 Å². The van der Waals surface area contributed by atoms with Crippen molar-refractivity contribution in [2.75, 3.05) is 33.2 Å². The molecule has 2 aliphatic rings. The van der Waals surface area contributed by atoms with Gasteiger partial charge < -0.3 is 10.2 Å². The van der Waals surface area contributed by atoms with E-state index < -0.39 is 0 Å². The smallest absolute Gasteiger partial charge is 0.194 e. The van der Waals surface area contributed by atoms with Crippen molar-refractivity contribution >= 4 is 29.9 Å². The Bertz CT molecular complexity index is 583. The van der Waals surface area contributed by atoms with Gasteiger partial charge in [0.15, 0.2) is 5.96 Å². The van der Waals surface area contributed by atoms with Crippen LogP contribution in [0.4, 0.5) is 0 Å². The average molecular weight is 488 g/mol. The monoisotopic (exact) mass is 488 g/mol. The molecule has 1 N–H and O–H groups in total. The Morgan fingerprint density at radius 3 is 2.37 bits per heavy atom. The number of rotatable bonds is 4. The fourth-order valence-electron chi connectivity index (χ4n) is 4.51. The highest BCUT2D eigenvalue weighted by Crippen LogP contribution is 2.32. The van der Waals surface area contributed by atoms with Crippen LogP contribution in [0.15, 0.2) is 17.4 Å². The van der Waals surface area contributed by atoms with E-state index in [9.17, 15) is 0 Å². The van der Waals surface area contributed by atoms with E-state index in [0.717, 1.165) is 56.6 Å². The lowest BCUT2D eigenvalue weighted by molar-refractivity contribution is 0.0864. The Morgan fingerprint density at radius 1 is 1.19 bits per heavy atom. The maximum Gasteiger partial charge on any atom is 0.194 e. The molecular weight excluding hydrogens is 451 g/mol. The van der Waals surface area contributed by atoms with Gasteiger partial charge >= 0.3 is 0 Å². The molecule has 1 saturated carbocycles. The summed E-state index contributed by atoms with van der Waals surface area (Å²) in [5.74, 6) is 2.81. The van der Waals surface area contributed by atoms with Gasteiger partial charge in [0.25, 0.3) is 0 Å². The van der Waals surface area contributed by atoms with E-state index in [2.05, 4.69) is 39.1 Å². The molecule has 1 aromatic heterocycles. The third-order valence-electron chi connectivity index (χ3n) is 6.24. The molecule has 27 heavy (non-hydrogen) atoms. The molecule has 0 radical (unpaired) electrons. The standard InChI is InChI=1S/C20H36N6.HI/c1-16(2)18-5-7-19(8-6-18)25-9-11-26(12-10-25)20(21-3)22-13-17-14-23-24(4)15-17;/h14-16,18-19H,5-13H2,1-4H3,(H,21,22);1H. The molecule has 7 heteroatoms. The zero-order valence-corrected chi connectivity index (χ0v) is 19.7. The number of halogens is 1. The minimum atomic E-state index is 0. The zero-order chi connectivity index (χ0) is 18.5. The highest BCUT2D eigenvalue weighted by molar-refractivity contribution is 14.0. The zero-order valence-electron chi connectivity index (χ0n) is 17.4. The SMILES string of the molecule is CN=C(NCc1cnn(C)c1)N1CCN(C2CCC(C(C)C)CC2)CC1.I. The summed E-state index contributed by atoms with van der Waals surface area (Å²) in [5.41, 5.74) is 1.19. The first kappa shape index (κ1) is 22.5. The number of nitrogens with zero attached hydrogens (tertiary/aromatic N) is 5. The van der Waals surface area contributed by atoms with Crippen molar-refractivity contribution in [1.29, 1.82) is 0 Å². The van der Waals surface area contributed by atoms with Gasteiger partial charge in [0, 0.05) is 64.6 Å². The molecule has 1 aliphatic carbocycles. The van der Waals surface area contributed by atoms with Crippen LogP contribution in [0.1, 0.15) is 45.1 Å². The Balaban J connectivity index is 0.00000261. The summed E-state index contributed by atoms with van der Waals surface area (Å²) in [6.07, 6.45) is 9.55. The van der Waals surface area contributed by atoms with Crippen molar-refractivity contribution in [3.8, 4) is 0 Å². The number of hydrogen-bond donors (Lipinski definition) is 1. The second-order valence-corrected chi connectivity index (χ2v) is 8.26. The van der Waals surface area contributed by atoms with Crippen LogP contribution in [0, 0.1) is 11.8 Å². The van der Waals surface area contributed by atoms with Gasteiger partial charge in [0.05, 0.1) is 6.20 Å². The van der Waals surface area contributed by atoms with Crippen LogP contribution < -0.4 is 5.32 Å². The summed E-state index contributed by atoms with van der Waals surface area (Å²) in [5, 5.41) is 7.71. The number of hydrogen-bond acceptors (Lipinski definition) is 3. The minimum Gasteiger partial charge on any atom is -0.352 e. The van der Waals surface area contributed by atoms with E-state index in [1.54, 1.807) is 0 Å². The van der Waals surface area contributed by atoms with Crippen LogP contribution >= 0.6 is 24.0 Å². The molecule has 0 atom stereocenters. The van der Waals surface area contributed by atoms with Crippen molar-refractivity contribution in [2.24, 2.45) is 23.9 Å². The van der Waals surface area contributed by atoms with Crippen molar-refractivity contribution in [3.63, 3.8) is 0 Å². The quantitative estimate of drug-likeness (QED) is 0.402. The fraction of sp³-hybridized carbons (Fsp3) is 0.800. The summed E-state index contributed by atoms with van der Waals surface area (Å²) in [4.78, 5) is 9.61. The second-order valence-electron chi connectivity index (χ2n) is 8.26. The lowest BCUT2D eigenvalue weighted by Gasteiger charge is -2.43. The number of piperazine rings is 1. The third kappa shape index (κ3) is 6.07. The largest absolute Gasteiger partial charge is 0.352 e. The molecule has 0 spiro atoms. The van der Waals surface area contributed by atoms with Gasteiger partial charge in [0.2, 0.25) is 0 Å². The number of aryl methyl sites for hydroxylation is 1. The number of aliphatic imine (C=N–C) groups is 1. The Kier molecular flexibility index (Phi) is 8.85. The highest BCUT2D eigenvalue weighted by atomic mass is 127. The van der Waals surface area contributed by atoms with Gasteiger partial charge in [0.1, 0.15) is 0 Å². The van der Waals surface area contributed by atoms with Crippen molar-refractivity contribution in [1.82, 2.24) is 24.9 Å². The van der Waals surface area contributed by atoms with Gasteiger partial charge in [-0.05, 0) is 37.5 Å². The molecule has 3 rings (SSSR count). The lowest BCUT2D eigenvalue weighted by atomic mass is 9.79. The molecule has 1 aliphatic heterocycles. The Morgan fingerprint density at radius 2 is 1.85 bits per heavy atom. The molecule has 1 aromatic rings. The normalized spacial score (nSPS) is 24.8. The lowest BCUT2D eigenvalue weighted by Crippen LogP contribution is -2.55. The molecule has 2 fully saturated rings. The molecule has 1 saturated heterocycles. The summed E-state index contributed by atoms with van der Waals surface area (Å²) in [6.45, 7) is 9.99. The topological polar surface area (TPSA) is 48.7 Å². The first-order valence-electron chi connectivity index (χ1n) is 10.2. The number of guanidine groups is 1. The summed E-state index contributed by atoms with van der Waals surface area (Å²) in [6, 6.07) is 0.803. The van der Waals surface area contributed by atoms with E-state index >= 15 is 0 Å². The van der Waals surface area contributed by atoms with Crippen molar-refractivity contribution in [2.45, 2.75) is 52.1 Å². The predicted octanol–water partition coefficient (Wildman–Crippen LogP) is 2.95. The minimum absolute atomic E-state index is 0. The summed E-state index contributed by atoms with van der Waals surface area (Å²) in [7, 11) is 3.83. The first-order valence-corrected chi connectivity index (χ1v) is 10.2. The molecule has 0 amide bonds. The van der Waals surface area contributed by atoms with Crippen LogP contribution in [0.25, 0.3) is 0 Å². The molecular formula is C20H37IN6. The molecule has 2 heterocycles. The van der Waals surface area contributed by atoms with Crippen LogP contribution in [0.5, 0.6) is 0 Å². The maximum atomic E-state index is 4.49. The van der Waals surface area contributed by atoms with Gasteiger partial charge in [-0.15, -0.1) is 24.0 Å². The number of aromatic nitrogens is 2. The molecule has 0 aromatic carbocycles. The van der Waals surface area contributed by atoms with Gasteiger partial charge in [-0.3, -0.25) is 14.6 Å². The maximum absolute atomic E-state index is 4.49. The molecule has 154 valence electrons. The Labute approximate surface area is 181 Å². The fourth-order valence-corrected chi connectivity index (χ4v) is 4.51. The van der Waals surface area contributed by atoms with Crippen molar-refractivity contribution in [3.05, 3.63) is 18.0 Å². The highest BCUT2D eigenvalue weighted by Gasteiger charge is 2.29. The van der Waals surface area contributed by atoms with E-state index in [0.29, 0.717) is 0 Å². The molecule has 0 bridgehead atoms. The van der Waals surface area contributed by atoms with E-state index in [4.69, 9.17) is 0 Å². The van der Waals surface area contributed by atoms with Gasteiger partial charge in [-0.1, -0.05) is 13.8 Å². The van der Waals surface area contributed by atoms with E-state index in [-0.39, 0.29) is 24.0 Å². The van der Waals surface area contributed by atoms with Crippen LogP contribution in [-0.4, -0.2) is 64.8 Å². The average Bonchev–Trinajstić information content (AvgIpc) is 3.08. The van der Waals surface area contributed by atoms with Gasteiger partial charge in [-0.25, -0.2) is 0 Å². The van der Waals surface area contributed by atoms with Crippen molar-refractivity contribution < 1.29 is 0 Å². The second kappa shape index (κ2) is 10.6. The van der Waals surface area contributed by atoms with Gasteiger partial charge in [-0.2, -0.15) is 5.10 Å². The molecule has 6 nitrogen and oxygen atoms in total. The number of nitrogens with one attached hydrogen (secondary N) is 1. The van der Waals surface area contributed by atoms with E-state index in [1.807, 2.05) is 31.2 Å². The molecule has 0 unspecified atom stereocenters. The van der Waals surface area contributed by atoms with Crippen LogP contribution in [0.3, 0.4) is 0 Å². The summed E-state index contributed by atoms with van der Waals surface area (Å²) < 4.78 is 1.84. The predicted molar refractivity (Wildman–Crippen MR) is 123 cm³/mol. The van der Waals surface area contributed by atoms with Crippen LogP contribution in [-0.2, 0) is 13.6 Å². The Hall–Kier alpha value is -0.830. The van der Waals surface area contributed by atoms with Crippen LogP contribution in [0.2, 0.25) is 0 Å². The summed E-state index contributed by atoms with van der Waals surface area (Å²) >= 11 is 0. The third-order valence-corrected chi connectivity index (χ3v) is 6.24.